The van der Waals surface area contributed by atoms with Crippen molar-refractivity contribution in [3.63, 3.8) is 0 Å². The number of hydrogen-bond acceptors (Lipinski definition) is 3. The number of aromatic nitrogens is 1. The highest BCUT2D eigenvalue weighted by Crippen LogP contribution is 2.39. The van der Waals surface area contributed by atoms with Crippen LogP contribution in [0.1, 0.15) is 68.9 Å². The van der Waals surface area contributed by atoms with Gasteiger partial charge in [-0.2, -0.15) is 0 Å². The molecule has 35 heavy (non-hydrogen) atoms. The van der Waals surface area contributed by atoms with E-state index in [1.165, 1.54) is 29.7 Å². The van der Waals surface area contributed by atoms with E-state index in [1.807, 2.05) is 44.2 Å². The van der Waals surface area contributed by atoms with Crippen LogP contribution >= 0.6 is 15.9 Å². The Morgan fingerprint density at radius 3 is 2.54 bits per heavy atom. The molecule has 3 aromatic rings. The Morgan fingerprint density at radius 1 is 1.06 bits per heavy atom. The number of likely N-dealkylation sites (tertiary alicyclic amines) is 1. The SMILES string of the molecule is Cc1ccc(S(=O)(=O)n2cc(C(C)CC(=O)N3CCCC4CCCCC43)c3c(Br)cccc32)cc1. The lowest BCUT2D eigenvalue weighted by molar-refractivity contribution is -0.137. The summed E-state index contributed by atoms with van der Waals surface area (Å²) in [6.45, 7) is 4.82. The van der Waals surface area contributed by atoms with Crippen molar-refractivity contribution in [3.05, 3.63) is 64.3 Å². The first-order valence-electron chi connectivity index (χ1n) is 12.7. The maximum absolute atomic E-state index is 13.6. The summed E-state index contributed by atoms with van der Waals surface area (Å²) in [5.41, 5.74) is 2.52. The van der Waals surface area contributed by atoms with Gasteiger partial charge in [0.1, 0.15) is 0 Å². The fraction of sp³-hybridized carbons (Fsp3) is 0.464. The predicted octanol–water partition coefficient (Wildman–Crippen LogP) is 6.62. The molecule has 186 valence electrons. The Kier molecular flexibility index (Phi) is 6.83. The van der Waals surface area contributed by atoms with Crippen LogP contribution in [0.4, 0.5) is 0 Å². The van der Waals surface area contributed by atoms with Gasteiger partial charge in [0.15, 0.2) is 0 Å². The zero-order chi connectivity index (χ0) is 24.7. The molecule has 3 atom stereocenters. The number of fused-ring (bicyclic) bond motifs is 2. The van der Waals surface area contributed by atoms with Crippen molar-refractivity contribution >= 4 is 42.8 Å². The number of hydrogen-bond donors (Lipinski definition) is 0. The summed E-state index contributed by atoms with van der Waals surface area (Å²) in [6, 6.07) is 12.9. The van der Waals surface area contributed by atoms with Crippen LogP contribution in [-0.2, 0) is 14.8 Å². The molecule has 5 nitrogen and oxygen atoms in total. The minimum atomic E-state index is -3.78. The number of carbonyl (C=O) groups is 1. The molecule has 0 N–H and O–H groups in total. The Balaban J connectivity index is 1.48. The smallest absolute Gasteiger partial charge is 0.268 e. The number of rotatable bonds is 5. The van der Waals surface area contributed by atoms with Crippen molar-refractivity contribution in [2.45, 2.75) is 75.6 Å². The molecule has 0 bridgehead atoms. The molecule has 0 spiro atoms. The first kappa shape index (κ1) is 24.6. The van der Waals surface area contributed by atoms with Crippen LogP contribution in [0.25, 0.3) is 10.9 Å². The van der Waals surface area contributed by atoms with Gasteiger partial charge in [0.2, 0.25) is 5.91 Å². The highest BCUT2D eigenvalue weighted by Gasteiger charge is 2.36. The van der Waals surface area contributed by atoms with E-state index in [0.29, 0.717) is 23.9 Å². The van der Waals surface area contributed by atoms with Gasteiger partial charge >= 0.3 is 0 Å². The average molecular weight is 558 g/mol. The molecule has 7 heteroatoms. The number of amides is 1. The Morgan fingerprint density at radius 2 is 1.77 bits per heavy atom. The van der Waals surface area contributed by atoms with E-state index in [0.717, 1.165) is 40.4 Å². The van der Waals surface area contributed by atoms with E-state index in [2.05, 4.69) is 20.8 Å². The number of piperidine rings is 1. The fourth-order valence-electron chi connectivity index (χ4n) is 6.06. The molecular weight excluding hydrogens is 524 g/mol. The topological polar surface area (TPSA) is 59.4 Å². The van der Waals surface area contributed by atoms with E-state index in [-0.39, 0.29) is 16.7 Å². The van der Waals surface area contributed by atoms with Crippen molar-refractivity contribution < 1.29 is 13.2 Å². The molecule has 2 aliphatic rings. The van der Waals surface area contributed by atoms with Gasteiger partial charge in [0, 0.05) is 35.1 Å². The minimum Gasteiger partial charge on any atom is -0.339 e. The number of halogens is 1. The van der Waals surface area contributed by atoms with E-state index >= 15 is 0 Å². The second kappa shape index (κ2) is 9.74. The highest BCUT2D eigenvalue weighted by molar-refractivity contribution is 9.10. The third-order valence-corrected chi connectivity index (χ3v) is 10.3. The molecule has 1 saturated carbocycles. The maximum atomic E-state index is 13.6. The van der Waals surface area contributed by atoms with Crippen LogP contribution in [0, 0.1) is 12.8 Å². The van der Waals surface area contributed by atoms with Gasteiger partial charge in [-0.15, -0.1) is 0 Å². The molecule has 1 aromatic heterocycles. The van der Waals surface area contributed by atoms with Crippen LogP contribution in [0.3, 0.4) is 0 Å². The quantitative estimate of drug-likeness (QED) is 0.354. The molecule has 1 aliphatic heterocycles. The van der Waals surface area contributed by atoms with Crippen LogP contribution < -0.4 is 0 Å². The highest BCUT2D eigenvalue weighted by atomic mass is 79.9. The molecular formula is C28H33BrN2O3S. The summed E-state index contributed by atoms with van der Waals surface area (Å²) in [5.74, 6) is 0.734. The minimum absolute atomic E-state index is 0.109. The van der Waals surface area contributed by atoms with Gasteiger partial charge in [-0.1, -0.05) is 59.5 Å². The lowest BCUT2D eigenvalue weighted by atomic mass is 9.78. The lowest BCUT2D eigenvalue weighted by Crippen LogP contribution is -2.49. The molecule has 0 radical (unpaired) electrons. The fourth-order valence-corrected chi connectivity index (χ4v) is 8.02. The van der Waals surface area contributed by atoms with E-state index in [4.69, 9.17) is 0 Å². The maximum Gasteiger partial charge on any atom is 0.268 e. The van der Waals surface area contributed by atoms with Gasteiger partial charge in [0.25, 0.3) is 10.0 Å². The zero-order valence-electron chi connectivity index (χ0n) is 20.4. The Labute approximate surface area is 216 Å². The third kappa shape index (κ3) is 4.57. The number of carbonyl (C=O) groups excluding carboxylic acids is 1. The standard InChI is InChI=1S/C28H33BrN2O3S/c1-19-12-14-22(15-13-19)35(33,34)31-18-23(28-24(29)9-5-11-26(28)31)20(2)17-27(32)30-16-6-8-21-7-3-4-10-25(21)30/h5,9,11-15,18,20-21,25H,3-4,6-8,10,16-17H2,1-2H3. The van der Waals surface area contributed by atoms with Gasteiger partial charge in [-0.25, -0.2) is 12.4 Å². The first-order chi connectivity index (χ1) is 16.8. The molecule has 1 amide bonds. The van der Waals surface area contributed by atoms with Gasteiger partial charge in [-0.05, 0) is 74.3 Å². The summed E-state index contributed by atoms with van der Waals surface area (Å²) in [4.78, 5) is 15.9. The molecule has 1 saturated heterocycles. The summed E-state index contributed by atoms with van der Waals surface area (Å²) < 4.78 is 29.4. The van der Waals surface area contributed by atoms with E-state index < -0.39 is 10.0 Å². The molecule has 2 aromatic carbocycles. The first-order valence-corrected chi connectivity index (χ1v) is 14.9. The lowest BCUT2D eigenvalue weighted by Gasteiger charge is -2.44. The summed E-state index contributed by atoms with van der Waals surface area (Å²) in [6.07, 6.45) is 9.27. The zero-order valence-corrected chi connectivity index (χ0v) is 22.8. The number of benzene rings is 2. The molecule has 1 aliphatic carbocycles. The van der Waals surface area contributed by atoms with Crippen molar-refractivity contribution in [2.75, 3.05) is 6.54 Å². The van der Waals surface area contributed by atoms with Crippen molar-refractivity contribution in [1.82, 2.24) is 8.87 Å². The van der Waals surface area contributed by atoms with Crippen LogP contribution in [0.2, 0.25) is 0 Å². The van der Waals surface area contributed by atoms with Crippen molar-refractivity contribution in [1.29, 1.82) is 0 Å². The Bertz CT molecular complexity index is 1340. The van der Waals surface area contributed by atoms with Crippen molar-refractivity contribution in [3.8, 4) is 0 Å². The van der Waals surface area contributed by atoms with Gasteiger partial charge < -0.3 is 4.90 Å². The molecule has 2 fully saturated rings. The molecule has 2 heterocycles. The van der Waals surface area contributed by atoms with Crippen LogP contribution in [0.15, 0.2) is 58.0 Å². The van der Waals surface area contributed by atoms with Crippen molar-refractivity contribution in [2.24, 2.45) is 5.92 Å². The summed E-state index contributed by atoms with van der Waals surface area (Å²) in [5, 5.41) is 0.859. The second-order valence-electron chi connectivity index (χ2n) is 10.3. The van der Waals surface area contributed by atoms with Gasteiger partial charge in [-0.3, -0.25) is 4.79 Å². The normalized spacial score (nSPS) is 21.6. The predicted molar refractivity (Wildman–Crippen MR) is 143 cm³/mol. The number of nitrogens with zero attached hydrogens (tertiary/aromatic N) is 2. The number of aryl methyl sites for hydroxylation is 1. The summed E-state index contributed by atoms with van der Waals surface area (Å²) in [7, 11) is -3.78. The third-order valence-electron chi connectivity index (χ3n) is 7.93. The van der Waals surface area contributed by atoms with Gasteiger partial charge in [0.05, 0.1) is 10.4 Å². The summed E-state index contributed by atoms with van der Waals surface area (Å²) >= 11 is 3.65. The largest absolute Gasteiger partial charge is 0.339 e. The van der Waals surface area contributed by atoms with Crippen LogP contribution in [0.5, 0.6) is 0 Å². The molecule has 5 rings (SSSR count). The monoisotopic (exact) mass is 556 g/mol. The second-order valence-corrected chi connectivity index (χ2v) is 12.9. The van der Waals surface area contributed by atoms with E-state index in [9.17, 15) is 13.2 Å². The Hall–Kier alpha value is -2.12. The van der Waals surface area contributed by atoms with E-state index in [1.54, 1.807) is 18.3 Å². The molecule has 3 unspecified atom stereocenters. The van der Waals surface area contributed by atoms with Crippen LogP contribution in [-0.4, -0.2) is 35.8 Å². The average Bonchev–Trinajstić information content (AvgIpc) is 3.26.